The molecular weight excluding hydrogens is 368 g/mol. The Morgan fingerprint density at radius 1 is 1.00 bits per heavy atom. The average Bonchev–Trinajstić information content (AvgIpc) is 3.20. The van der Waals surface area contributed by atoms with Crippen molar-refractivity contribution < 1.29 is 19.1 Å². The van der Waals surface area contributed by atoms with Crippen LogP contribution in [0, 0.1) is 11.8 Å². The quantitative estimate of drug-likeness (QED) is 0.649. The van der Waals surface area contributed by atoms with Gasteiger partial charge in [-0.2, -0.15) is 0 Å². The van der Waals surface area contributed by atoms with E-state index in [1.54, 1.807) is 48.5 Å². The highest BCUT2D eigenvalue weighted by molar-refractivity contribution is 6.30. The van der Waals surface area contributed by atoms with Gasteiger partial charge in [0, 0.05) is 11.1 Å². The predicted octanol–water partition coefficient (Wildman–Crippen LogP) is 2.33. The largest absolute Gasteiger partial charge is 0.468 e. The van der Waals surface area contributed by atoms with Gasteiger partial charge in [-0.25, -0.2) is 4.90 Å². The SMILES string of the molecule is COC(=O)[C@@H]1N[C@H](c2ccc(Cl)cc2)[C@H]2C(=O)N(c3ccccc3)C(=O)[C@H]21. The zero-order chi connectivity index (χ0) is 19.1. The predicted molar refractivity (Wildman–Crippen MR) is 99.0 cm³/mol. The van der Waals surface area contributed by atoms with Crippen molar-refractivity contribution in [3.63, 3.8) is 0 Å². The van der Waals surface area contributed by atoms with Crippen molar-refractivity contribution in [2.24, 2.45) is 11.8 Å². The molecule has 1 N–H and O–H groups in total. The molecule has 7 heteroatoms. The molecule has 0 aliphatic carbocycles. The Labute approximate surface area is 161 Å². The number of benzene rings is 2. The molecule has 2 amide bonds. The normalized spacial score (nSPS) is 27.0. The fraction of sp³-hybridized carbons (Fsp3) is 0.250. The molecule has 2 aromatic carbocycles. The number of esters is 1. The third-order valence-corrected chi connectivity index (χ3v) is 5.43. The first kappa shape index (κ1) is 17.7. The number of methoxy groups -OCH3 is 1. The highest BCUT2D eigenvalue weighted by atomic mass is 35.5. The summed E-state index contributed by atoms with van der Waals surface area (Å²) in [7, 11) is 1.27. The number of rotatable bonds is 3. The molecule has 2 aliphatic heterocycles. The number of para-hydroxylation sites is 1. The molecule has 0 unspecified atom stereocenters. The molecule has 27 heavy (non-hydrogen) atoms. The Bertz CT molecular complexity index is 900. The first-order valence-corrected chi connectivity index (χ1v) is 8.93. The van der Waals surface area contributed by atoms with Crippen molar-refractivity contribution in [2.45, 2.75) is 12.1 Å². The minimum Gasteiger partial charge on any atom is -0.468 e. The van der Waals surface area contributed by atoms with Crippen LogP contribution in [0.2, 0.25) is 5.02 Å². The van der Waals surface area contributed by atoms with Crippen LogP contribution in [0.4, 0.5) is 5.69 Å². The van der Waals surface area contributed by atoms with Gasteiger partial charge in [0.25, 0.3) is 0 Å². The van der Waals surface area contributed by atoms with Crippen LogP contribution in [-0.2, 0) is 19.1 Å². The number of nitrogens with zero attached hydrogens (tertiary/aromatic N) is 1. The minimum atomic E-state index is -0.883. The summed E-state index contributed by atoms with van der Waals surface area (Å²) in [6, 6.07) is 14.4. The maximum absolute atomic E-state index is 13.2. The highest BCUT2D eigenvalue weighted by Gasteiger charge is 2.61. The van der Waals surface area contributed by atoms with E-state index in [9.17, 15) is 14.4 Å². The molecule has 0 spiro atoms. The zero-order valence-electron chi connectivity index (χ0n) is 14.5. The third kappa shape index (κ3) is 2.81. The van der Waals surface area contributed by atoms with Gasteiger partial charge in [-0.1, -0.05) is 41.9 Å². The van der Waals surface area contributed by atoms with Crippen molar-refractivity contribution in [1.82, 2.24) is 5.32 Å². The summed E-state index contributed by atoms with van der Waals surface area (Å²) in [5.41, 5.74) is 1.29. The number of hydrogen-bond donors (Lipinski definition) is 1. The number of nitrogens with one attached hydrogen (secondary N) is 1. The lowest BCUT2D eigenvalue weighted by Crippen LogP contribution is -2.43. The summed E-state index contributed by atoms with van der Waals surface area (Å²) in [6.45, 7) is 0. The lowest BCUT2D eigenvalue weighted by atomic mass is 9.86. The molecule has 0 saturated carbocycles. The standard InChI is InChI=1S/C20H17ClN2O4/c1-27-20(26)17-15-14(16(22-17)11-7-9-12(21)10-8-11)18(24)23(19(15)25)13-5-3-2-4-6-13/h2-10,14-17,22H,1H3/t14-,15+,16+,17+/m0/s1. The second-order valence-corrected chi connectivity index (χ2v) is 7.03. The summed E-state index contributed by atoms with van der Waals surface area (Å²) < 4.78 is 4.87. The number of imide groups is 1. The summed E-state index contributed by atoms with van der Waals surface area (Å²) in [5.74, 6) is -2.78. The second kappa shape index (κ2) is 6.79. The summed E-state index contributed by atoms with van der Waals surface area (Å²) >= 11 is 5.96. The van der Waals surface area contributed by atoms with E-state index in [2.05, 4.69) is 5.32 Å². The fourth-order valence-electron chi connectivity index (χ4n) is 3.96. The molecule has 2 saturated heterocycles. The van der Waals surface area contributed by atoms with E-state index >= 15 is 0 Å². The Morgan fingerprint density at radius 2 is 1.63 bits per heavy atom. The van der Waals surface area contributed by atoms with Crippen LogP contribution in [-0.4, -0.2) is 30.9 Å². The molecule has 2 fully saturated rings. The van der Waals surface area contributed by atoms with Crippen LogP contribution in [0.5, 0.6) is 0 Å². The van der Waals surface area contributed by atoms with Gasteiger partial charge in [-0.05, 0) is 29.8 Å². The van der Waals surface area contributed by atoms with E-state index in [1.807, 2.05) is 6.07 Å². The summed E-state index contributed by atoms with van der Waals surface area (Å²) in [5, 5.41) is 3.69. The topological polar surface area (TPSA) is 75.7 Å². The van der Waals surface area contributed by atoms with Gasteiger partial charge in [0.05, 0.1) is 24.6 Å². The van der Waals surface area contributed by atoms with Crippen LogP contribution in [0.3, 0.4) is 0 Å². The molecule has 0 aromatic heterocycles. The molecule has 0 bridgehead atoms. The monoisotopic (exact) mass is 384 g/mol. The molecule has 2 heterocycles. The molecule has 6 nitrogen and oxygen atoms in total. The van der Waals surface area contributed by atoms with Gasteiger partial charge in [-0.15, -0.1) is 0 Å². The number of hydrogen-bond acceptors (Lipinski definition) is 5. The lowest BCUT2D eigenvalue weighted by molar-refractivity contribution is -0.145. The number of halogens is 1. The van der Waals surface area contributed by atoms with Gasteiger partial charge >= 0.3 is 5.97 Å². The van der Waals surface area contributed by atoms with Crippen molar-refractivity contribution in [3.05, 3.63) is 65.2 Å². The highest BCUT2D eigenvalue weighted by Crippen LogP contribution is 2.45. The Morgan fingerprint density at radius 3 is 2.26 bits per heavy atom. The molecule has 4 atom stereocenters. The van der Waals surface area contributed by atoms with Gasteiger partial charge in [0.15, 0.2) is 0 Å². The van der Waals surface area contributed by atoms with Crippen molar-refractivity contribution in [2.75, 3.05) is 12.0 Å². The molecule has 2 aliphatic rings. The van der Waals surface area contributed by atoms with Crippen molar-refractivity contribution in [1.29, 1.82) is 0 Å². The molecule has 4 rings (SSSR count). The van der Waals surface area contributed by atoms with Gasteiger partial charge in [-0.3, -0.25) is 19.7 Å². The van der Waals surface area contributed by atoms with Crippen molar-refractivity contribution in [3.8, 4) is 0 Å². The first-order chi connectivity index (χ1) is 13.0. The van der Waals surface area contributed by atoms with Gasteiger partial charge in [0.2, 0.25) is 11.8 Å². The minimum absolute atomic E-state index is 0.324. The van der Waals surface area contributed by atoms with Gasteiger partial charge < -0.3 is 4.74 Å². The van der Waals surface area contributed by atoms with Crippen LogP contribution >= 0.6 is 11.6 Å². The van der Waals surface area contributed by atoms with Crippen LogP contribution in [0.1, 0.15) is 11.6 Å². The number of anilines is 1. The number of ether oxygens (including phenoxy) is 1. The van der Waals surface area contributed by atoms with Crippen LogP contribution < -0.4 is 10.2 Å². The summed E-state index contributed by atoms with van der Waals surface area (Å²) in [4.78, 5) is 39.8. The van der Waals surface area contributed by atoms with Gasteiger partial charge in [0.1, 0.15) is 6.04 Å². The van der Waals surface area contributed by atoms with E-state index in [4.69, 9.17) is 16.3 Å². The lowest BCUT2D eigenvalue weighted by Gasteiger charge is -2.22. The van der Waals surface area contributed by atoms with E-state index in [0.717, 1.165) is 5.56 Å². The van der Waals surface area contributed by atoms with Crippen LogP contribution in [0.15, 0.2) is 54.6 Å². The molecule has 0 radical (unpaired) electrons. The van der Waals surface area contributed by atoms with E-state index < -0.39 is 35.8 Å². The smallest absolute Gasteiger partial charge is 0.323 e. The Hall–Kier alpha value is -2.70. The maximum Gasteiger partial charge on any atom is 0.323 e. The molecular formula is C20H17ClN2O4. The fourth-order valence-corrected chi connectivity index (χ4v) is 4.09. The number of amides is 2. The number of fused-ring (bicyclic) bond motifs is 1. The van der Waals surface area contributed by atoms with E-state index in [0.29, 0.717) is 10.7 Å². The maximum atomic E-state index is 13.2. The third-order valence-electron chi connectivity index (χ3n) is 5.17. The van der Waals surface area contributed by atoms with E-state index in [1.165, 1.54) is 12.0 Å². The molecule has 2 aromatic rings. The number of carbonyl (C=O) groups excluding carboxylic acids is 3. The Kier molecular flexibility index (Phi) is 4.45. The zero-order valence-corrected chi connectivity index (χ0v) is 15.2. The van der Waals surface area contributed by atoms with Crippen molar-refractivity contribution >= 4 is 35.1 Å². The second-order valence-electron chi connectivity index (χ2n) is 6.60. The molecule has 138 valence electrons. The summed E-state index contributed by atoms with van der Waals surface area (Å²) in [6.07, 6.45) is 0. The van der Waals surface area contributed by atoms with E-state index in [-0.39, 0.29) is 5.91 Å². The van der Waals surface area contributed by atoms with Crippen LogP contribution in [0.25, 0.3) is 0 Å². The first-order valence-electron chi connectivity index (χ1n) is 8.55. The average molecular weight is 385 g/mol. The Balaban J connectivity index is 1.77. The number of carbonyl (C=O) groups is 3.